The number of rotatable bonds is 0. The smallest absolute Gasteiger partial charge is 0.126 e. The van der Waals surface area contributed by atoms with Gasteiger partial charge < -0.3 is 4.74 Å². The Hall–Kier alpha value is -0.980. The quantitative estimate of drug-likeness (QED) is 0.551. The van der Waals surface area contributed by atoms with E-state index in [1.165, 1.54) is 5.57 Å². The summed E-state index contributed by atoms with van der Waals surface area (Å²) in [6, 6.07) is 0. The predicted molar refractivity (Wildman–Crippen MR) is 54.2 cm³/mol. The van der Waals surface area contributed by atoms with E-state index in [2.05, 4.69) is 45.1 Å². The topological polar surface area (TPSA) is 9.23 Å². The second-order valence-electron chi connectivity index (χ2n) is 4.74. The fraction of sp³-hybridized carbons (Fsp3) is 0.500. The van der Waals surface area contributed by atoms with E-state index in [0.717, 1.165) is 0 Å². The Kier molecular flexibility index (Phi) is 1.83. The molecular formula is C12H16O. The van der Waals surface area contributed by atoms with Crippen molar-refractivity contribution < 1.29 is 4.74 Å². The molecule has 0 spiro atoms. The largest absolute Gasteiger partial charge is 0.493 e. The number of fused-ring (bicyclic) bond motifs is 1. The van der Waals surface area contributed by atoms with Crippen LogP contribution in [0, 0.1) is 11.3 Å². The number of ether oxygens (including phenoxy) is 1. The Morgan fingerprint density at radius 3 is 2.69 bits per heavy atom. The summed E-state index contributed by atoms with van der Waals surface area (Å²) in [7, 11) is 0. The van der Waals surface area contributed by atoms with Crippen LogP contribution in [0.25, 0.3) is 0 Å². The molecule has 2 rings (SSSR count). The maximum absolute atomic E-state index is 5.47. The Bertz CT molecular complexity index is 289. The minimum Gasteiger partial charge on any atom is -0.493 e. The van der Waals surface area contributed by atoms with Gasteiger partial charge in [0.1, 0.15) is 6.10 Å². The molecule has 0 bridgehead atoms. The van der Waals surface area contributed by atoms with Crippen molar-refractivity contribution in [2.75, 3.05) is 0 Å². The molecule has 1 aliphatic carbocycles. The summed E-state index contributed by atoms with van der Waals surface area (Å²) >= 11 is 0. The molecule has 0 fully saturated rings. The van der Waals surface area contributed by atoms with Gasteiger partial charge in [-0.25, -0.2) is 0 Å². The standard InChI is InChI=1S/C12H16O/c1-12(2,3)10-5-4-9-6-7-13-11(9)8-10/h4-9,11H,1-3H3. The van der Waals surface area contributed by atoms with Crippen LogP contribution >= 0.6 is 0 Å². The SMILES string of the molecule is CC(C)(C)C1=CC2OC=CC2C=C1. The third-order valence-electron chi connectivity index (χ3n) is 2.62. The van der Waals surface area contributed by atoms with Crippen LogP contribution < -0.4 is 0 Å². The maximum Gasteiger partial charge on any atom is 0.126 e. The highest BCUT2D eigenvalue weighted by atomic mass is 16.5. The molecule has 0 aromatic heterocycles. The van der Waals surface area contributed by atoms with Crippen LogP contribution in [-0.4, -0.2) is 6.10 Å². The van der Waals surface area contributed by atoms with Crippen LogP contribution in [-0.2, 0) is 4.74 Å². The highest BCUT2D eigenvalue weighted by molar-refractivity contribution is 5.33. The summed E-state index contributed by atoms with van der Waals surface area (Å²) in [6.07, 6.45) is 10.9. The third-order valence-corrected chi connectivity index (χ3v) is 2.62. The van der Waals surface area contributed by atoms with Crippen LogP contribution in [0.15, 0.2) is 36.1 Å². The molecule has 0 aromatic rings. The highest BCUT2D eigenvalue weighted by Gasteiger charge is 2.26. The summed E-state index contributed by atoms with van der Waals surface area (Å²) < 4.78 is 5.47. The van der Waals surface area contributed by atoms with Gasteiger partial charge in [-0.2, -0.15) is 0 Å². The molecule has 0 aromatic carbocycles. The summed E-state index contributed by atoms with van der Waals surface area (Å²) in [4.78, 5) is 0. The van der Waals surface area contributed by atoms with Crippen LogP contribution in [0.4, 0.5) is 0 Å². The fourth-order valence-corrected chi connectivity index (χ4v) is 1.70. The van der Waals surface area contributed by atoms with E-state index < -0.39 is 0 Å². The zero-order chi connectivity index (χ0) is 9.47. The van der Waals surface area contributed by atoms with Crippen LogP contribution in [0.3, 0.4) is 0 Å². The predicted octanol–water partition coefficient (Wildman–Crippen LogP) is 3.06. The lowest BCUT2D eigenvalue weighted by atomic mass is 9.81. The molecule has 2 unspecified atom stereocenters. The summed E-state index contributed by atoms with van der Waals surface area (Å²) in [5.41, 5.74) is 1.60. The van der Waals surface area contributed by atoms with E-state index in [1.807, 2.05) is 6.26 Å². The van der Waals surface area contributed by atoms with Gasteiger partial charge in [-0.1, -0.05) is 32.9 Å². The van der Waals surface area contributed by atoms with Crippen molar-refractivity contribution >= 4 is 0 Å². The molecule has 0 saturated heterocycles. The lowest BCUT2D eigenvalue weighted by Gasteiger charge is -2.26. The van der Waals surface area contributed by atoms with E-state index in [-0.39, 0.29) is 11.5 Å². The first kappa shape index (κ1) is 8.61. The van der Waals surface area contributed by atoms with Gasteiger partial charge in [0.2, 0.25) is 0 Å². The normalized spacial score (nSPS) is 31.2. The van der Waals surface area contributed by atoms with E-state index in [4.69, 9.17) is 4.74 Å². The van der Waals surface area contributed by atoms with E-state index in [9.17, 15) is 0 Å². The zero-order valence-corrected chi connectivity index (χ0v) is 8.45. The van der Waals surface area contributed by atoms with E-state index >= 15 is 0 Å². The average Bonchev–Trinajstić information content (AvgIpc) is 2.47. The molecule has 1 nitrogen and oxygen atoms in total. The van der Waals surface area contributed by atoms with Crippen molar-refractivity contribution in [2.45, 2.75) is 26.9 Å². The molecule has 1 heteroatoms. The molecule has 70 valence electrons. The first-order chi connectivity index (χ1) is 6.07. The molecule has 2 aliphatic rings. The summed E-state index contributed by atoms with van der Waals surface area (Å²) in [6.45, 7) is 6.68. The lowest BCUT2D eigenvalue weighted by Crippen LogP contribution is -2.19. The highest BCUT2D eigenvalue weighted by Crippen LogP contribution is 2.34. The summed E-state index contributed by atoms with van der Waals surface area (Å²) in [5, 5.41) is 0. The first-order valence-corrected chi connectivity index (χ1v) is 4.80. The molecule has 0 saturated carbocycles. The van der Waals surface area contributed by atoms with Gasteiger partial charge in [-0.15, -0.1) is 0 Å². The molecule has 2 atom stereocenters. The van der Waals surface area contributed by atoms with Crippen molar-refractivity contribution in [3.8, 4) is 0 Å². The van der Waals surface area contributed by atoms with Crippen LogP contribution in [0.5, 0.6) is 0 Å². The molecule has 0 N–H and O–H groups in total. The maximum atomic E-state index is 5.47. The van der Waals surface area contributed by atoms with Crippen molar-refractivity contribution in [3.63, 3.8) is 0 Å². The zero-order valence-electron chi connectivity index (χ0n) is 8.45. The minimum atomic E-state index is 0.230. The fourth-order valence-electron chi connectivity index (χ4n) is 1.70. The molecule has 1 aliphatic heterocycles. The van der Waals surface area contributed by atoms with Crippen LogP contribution in [0.1, 0.15) is 20.8 Å². The first-order valence-electron chi connectivity index (χ1n) is 4.80. The number of hydrogen-bond acceptors (Lipinski definition) is 1. The number of hydrogen-bond donors (Lipinski definition) is 0. The third kappa shape index (κ3) is 1.55. The van der Waals surface area contributed by atoms with Crippen molar-refractivity contribution in [1.82, 2.24) is 0 Å². The minimum absolute atomic E-state index is 0.230. The molecule has 13 heavy (non-hydrogen) atoms. The van der Waals surface area contributed by atoms with Gasteiger partial charge in [0, 0.05) is 5.92 Å². The average molecular weight is 176 g/mol. The van der Waals surface area contributed by atoms with Gasteiger partial charge >= 0.3 is 0 Å². The van der Waals surface area contributed by atoms with Gasteiger partial charge in [0.05, 0.1) is 6.26 Å². The molecular weight excluding hydrogens is 160 g/mol. The van der Waals surface area contributed by atoms with E-state index in [0.29, 0.717) is 5.92 Å². The molecule has 0 radical (unpaired) electrons. The Labute approximate surface area is 79.8 Å². The molecule has 1 heterocycles. The second kappa shape index (κ2) is 2.76. The van der Waals surface area contributed by atoms with Gasteiger partial charge in [0.15, 0.2) is 0 Å². The summed E-state index contributed by atoms with van der Waals surface area (Å²) in [5.74, 6) is 0.464. The van der Waals surface area contributed by atoms with Crippen molar-refractivity contribution in [2.24, 2.45) is 11.3 Å². The number of allylic oxidation sites excluding steroid dienone is 2. The van der Waals surface area contributed by atoms with Gasteiger partial charge in [-0.05, 0) is 23.1 Å². The van der Waals surface area contributed by atoms with Crippen molar-refractivity contribution in [3.05, 3.63) is 36.1 Å². The van der Waals surface area contributed by atoms with E-state index in [1.54, 1.807) is 0 Å². The Morgan fingerprint density at radius 2 is 2.00 bits per heavy atom. The second-order valence-corrected chi connectivity index (χ2v) is 4.74. The monoisotopic (exact) mass is 176 g/mol. The Balaban J connectivity index is 2.22. The van der Waals surface area contributed by atoms with Gasteiger partial charge in [-0.3, -0.25) is 0 Å². The van der Waals surface area contributed by atoms with Crippen LogP contribution in [0.2, 0.25) is 0 Å². The van der Waals surface area contributed by atoms with Gasteiger partial charge in [0.25, 0.3) is 0 Å². The molecule has 0 amide bonds. The lowest BCUT2D eigenvalue weighted by molar-refractivity contribution is 0.189. The Morgan fingerprint density at radius 1 is 1.23 bits per heavy atom. The van der Waals surface area contributed by atoms with Crippen molar-refractivity contribution in [1.29, 1.82) is 0 Å².